The van der Waals surface area contributed by atoms with Crippen LogP contribution in [0, 0.1) is 6.92 Å². The number of alkyl halides is 3. The molecule has 2 aliphatic heterocycles. The number of piperazine rings is 1. The van der Waals surface area contributed by atoms with Gasteiger partial charge in [0.15, 0.2) is 0 Å². The van der Waals surface area contributed by atoms with Gasteiger partial charge < -0.3 is 9.80 Å². The maximum atomic E-state index is 13.7. The zero-order valence-corrected chi connectivity index (χ0v) is 21.2. The van der Waals surface area contributed by atoms with Crippen molar-refractivity contribution in [2.45, 2.75) is 25.6 Å². The number of carbonyl (C=O) groups is 1. The Morgan fingerprint density at radius 1 is 1.00 bits per heavy atom. The second kappa shape index (κ2) is 9.88. The molecule has 202 valence electrons. The third-order valence-corrected chi connectivity index (χ3v) is 7.41. The van der Waals surface area contributed by atoms with Gasteiger partial charge in [-0.1, -0.05) is 17.7 Å². The van der Waals surface area contributed by atoms with E-state index in [9.17, 15) is 18.0 Å². The third-order valence-electron chi connectivity index (χ3n) is 7.41. The minimum atomic E-state index is -4.67. The number of hydrogen-bond donors (Lipinski definition) is 1. The average molecular weight is 538 g/mol. The summed E-state index contributed by atoms with van der Waals surface area (Å²) in [5, 5.41) is 14.4. The fourth-order valence-corrected chi connectivity index (χ4v) is 5.30. The van der Waals surface area contributed by atoms with Crippen molar-refractivity contribution in [2.24, 2.45) is 0 Å². The van der Waals surface area contributed by atoms with Gasteiger partial charge in [-0.3, -0.25) is 9.69 Å². The van der Waals surface area contributed by atoms with E-state index in [1.807, 2.05) is 41.0 Å². The van der Waals surface area contributed by atoms with Gasteiger partial charge in [-0.2, -0.15) is 18.4 Å². The molecular weight excluding hydrogens is 511 g/mol. The molecule has 4 heterocycles. The van der Waals surface area contributed by atoms with Crippen molar-refractivity contribution < 1.29 is 18.0 Å². The molecule has 1 N–H and O–H groups in total. The van der Waals surface area contributed by atoms with Crippen LogP contribution in [0.4, 0.5) is 19.0 Å². The number of anilines is 1. The molecule has 2 saturated heterocycles. The van der Waals surface area contributed by atoms with Crippen molar-refractivity contribution in [1.29, 1.82) is 0 Å². The summed E-state index contributed by atoms with van der Waals surface area (Å²) < 4.78 is 41.0. The molecule has 0 saturated carbocycles. The van der Waals surface area contributed by atoms with Gasteiger partial charge in [0.1, 0.15) is 5.82 Å². The molecular formula is C26H26F3N9O. The summed E-state index contributed by atoms with van der Waals surface area (Å²) in [6.45, 7) is 5.69. The fourth-order valence-electron chi connectivity index (χ4n) is 5.30. The van der Waals surface area contributed by atoms with Gasteiger partial charge in [0.05, 0.1) is 5.52 Å². The van der Waals surface area contributed by atoms with Crippen LogP contribution in [0.25, 0.3) is 22.3 Å². The first-order valence-corrected chi connectivity index (χ1v) is 12.7. The van der Waals surface area contributed by atoms with Gasteiger partial charge in [-0.05, 0) is 48.9 Å². The van der Waals surface area contributed by atoms with Crippen molar-refractivity contribution in [3.8, 4) is 11.4 Å². The number of benzene rings is 2. The summed E-state index contributed by atoms with van der Waals surface area (Å²) in [4.78, 5) is 26.8. The summed E-state index contributed by atoms with van der Waals surface area (Å²) in [5.74, 6) is -0.565. The molecule has 0 spiro atoms. The molecule has 2 aromatic heterocycles. The molecule has 1 atom stereocenters. The standard InChI is InChI=1S/C26H26F3N9O/c1-16-2-4-17(5-3-16)24(39)37-12-10-36(11-13-37)19-8-9-38(15-19)23-20-14-18(22-32-34-35-33-22)6-7-21(20)30-25(31-23)26(27,28)29/h2-7,14,19H,8-13,15H2,1H3,(H,32,33,34,35)/t19-/m0/s1. The van der Waals surface area contributed by atoms with Crippen molar-refractivity contribution >= 4 is 22.6 Å². The summed E-state index contributed by atoms with van der Waals surface area (Å²) in [7, 11) is 0. The quantitative estimate of drug-likeness (QED) is 0.423. The Bertz CT molecular complexity index is 1480. The van der Waals surface area contributed by atoms with Gasteiger partial charge in [-0.15, -0.1) is 10.2 Å². The molecule has 1 amide bonds. The Balaban J connectivity index is 1.20. The number of amides is 1. The number of halogens is 3. The number of carbonyl (C=O) groups excluding carboxylic acids is 1. The Morgan fingerprint density at radius 3 is 2.46 bits per heavy atom. The number of tetrazole rings is 1. The SMILES string of the molecule is Cc1ccc(C(=O)N2CCN([C@H]3CCN(c4nc(C(F)(F)F)nc5ccc(-c6nn[nH]n6)cc45)C3)CC2)cc1. The third kappa shape index (κ3) is 5.01. The lowest BCUT2D eigenvalue weighted by molar-refractivity contribution is -0.144. The molecule has 2 fully saturated rings. The maximum Gasteiger partial charge on any atom is 0.451 e. The van der Waals surface area contributed by atoms with E-state index >= 15 is 0 Å². The van der Waals surface area contributed by atoms with Crippen LogP contribution in [-0.4, -0.2) is 91.6 Å². The summed E-state index contributed by atoms with van der Waals surface area (Å²) >= 11 is 0. The van der Waals surface area contributed by atoms with E-state index in [1.165, 1.54) is 6.07 Å². The van der Waals surface area contributed by atoms with Crippen LogP contribution in [0.3, 0.4) is 0 Å². The summed E-state index contributed by atoms with van der Waals surface area (Å²) in [6.07, 6.45) is -3.89. The largest absolute Gasteiger partial charge is 0.451 e. The van der Waals surface area contributed by atoms with Crippen LogP contribution < -0.4 is 4.90 Å². The van der Waals surface area contributed by atoms with Crippen LogP contribution in [-0.2, 0) is 6.18 Å². The van der Waals surface area contributed by atoms with Gasteiger partial charge in [-0.25, -0.2) is 9.97 Å². The lowest BCUT2D eigenvalue weighted by Gasteiger charge is -2.38. The number of aromatic nitrogens is 6. The number of hydrogen-bond acceptors (Lipinski definition) is 8. The van der Waals surface area contributed by atoms with E-state index in [-0.39, 0.29) is 23.3 Å². The van der Waals surface area contributed by atoms with Crippen LogP contribution in [0.5, 0.6) is 0 Å². The van der Waals surface area contributed by atoms with Gasteiger partial charge >= 0.3 is 6.18 Å². The normalized spacial score (nSPS) is 18.7. The molecule has 0 radical (unpaired) electrons. The Kier molecular flexibility index (Phi) is 6.37. The lowest BCUT2D eigenvalue weighted by Crippen LogP contribution is -2.52. The number of aromatic amines is 1. The monoisotopic (exact) mass is 537 g/mol. The Labute approximate surface area is 221 Å². The Hall–Kier alpha value is -4.13. The molecule has 2 aromatic carbocycles. The number of fused-ring (bicyclic) bond motifs is 1. The first kappa shape index (κ1) is 25.2. The highest BCUT2D eigenvalue weighted by Crippen LogP contribution is 2.35. The van der Waals surface area contributed by atoms with Crippen molar-refractivity contribution in [3.05, 3.63) is 59.4 Å². The molecule has 39 heavy (non-hydrogen) atoms. The molecule has 13 heteroatoms. The molecule has 0 aliphatic carbocycles. The molecule has 4 aromatic rings. The van der Waals surface area contributed by atoms with E-state index in [2.05, 4.69) is 35.5 Å². The minimum Gasteiger partial charge on any atom is -0.354 e. The van der Waals surface area contributed by atoms with Crippen LogP contribution in [0.2, 0.25) is 0 Å². The molecule has 10 nitrogen and oxygen atoms in total. The highest BCUT2D eigenvalue weighted by molar-refractivity contribution is 5.94. The van der Waals surface area contributed by atoms with E-state index in [0.717, 1.165) is 12.0 Å². The van der Waals surface area contributed by atoms with E-state index < -0.39 is 12.0 Å². The van der Waals surface area contributed by atoms with E-state index in [1.54, 1.807) is 12.1 Å². The number of rotatable bonds is 4. The van der Waals surface area contributed by atoms with E-state index in [0.29, 0.717) is 61.6 Å². The number of aryl methyl sites for hydroxylation is 1. The smallest absolute Gasteiger partial charge is 0.354 e. The average Bonchev–Trinajstić information content (AvgIpc) is 3.65. The number of nitrogens with one attached hydrogen (secondary N) is 1. The highest BCUT2D eigenvalue weighted by atomic mass is 19.4. The first-order chi connectivity index (χ1) is 18.8. The maximum absolute atomic E-state index is 13.7. The van der Waals surface area contributed by atoms with Crippen LogP contribution >= 0.6 is 0 Å². The van der Waals surface area contributed by atoms with E-state index in [4.69, 9.17) is 0 Å². The van der Waals surface area contributed by atoms with Crippen LogP contribution in [0.15, 0.2) is 42.5 Å². The fraction of sp³-hybridized carbons (Fsp3) is 0.385. The van der Waals surface area contributed by atoms with Gasteiger partial charge in [0, 0.05) is 61.8 Å². The minimum absolute atomic E-state index is 0.0206. The second-order valence-corrected chi connectivity index (χ2v) is 9.92. The first-order valence-electron chi connectivity index (χ1n) is 12.7. The van der Waals surface area contributed by atoms with Gasteiger partial charge in [0.2, 0.25) is 11.6 Å². The second-order valence-electron chi connectivity index (χ2n) is 9.92. The lowest BCUT2D eigenvalue weighted by atomic mass is 10.1. The van der Waals surface area contributed by atoms with Crippen molar-refractivity contribution in [3.63, 3.8) is 0 Å². The van der Waals surface area contributed by atoms with Crippen molar-refractivity contribution in [2.75, 3.05) is 44.2 Å². The topological polar surface area (TPSA) is 107 Å². The Morgan fingerprint density at radius 2 is 1.77 bits per heavy atom. The zero-order valence-electron chi connectivity index (χ0n) is 21.2. The molecule has 6 rings (SSSR count). The predicted octanol–water partition coefficient (Wildman–Crippen LogP) is 3.17. The van der Waals surface area contributed by atoms with Crippen molar-refractivity contribution in [1.82, 2.24) is 40.4 Å². The van der Waals surface area contributed by atoms with Gasteiger partial charge in [0.25, 0.3) is 5.91 Å². The summed E-state index contributed by atoms with van der Waals surface area (Å²) in [6, 6.07) is 12.6. The molecule has 0 unspecified atom stereocenters. The van der Waals surface area contributed by atoms with Crippen LogP contribution in [0.1, 0.15) is 28.2 Å². The highest BCUT2D eigenvalue weighted by Gasteiger charge is 2.38. The molecule has 0 bridgehead atoms. The number of H-pyrrole nitrogens is 1. The molecule has 2 aliphatic rings. The number of nitrogens with zero attached hydrogens (tertiary/aromatic N) is 8. The predicted molar refractivity (Wildman–Crippen MR) is 137 cm³/mol. The summed E-state index contributed by atoms with van der Waals surface area (Å²) in [5.41, 5.74) is 2.58. The zero-order chi connectivity index (χ0) is 27.1.